The second kappa shape index (κ2) is 10.3. The van der Waals surface area contributed by atoms with Gasteiger partial charge in [-0.3, -0.25) is 0 Å². The summed E-state index contributed by atoms with van der Waals surface area (Å²) in [5.74, 6) is 0.477. The Morgan fingerprint density at radius 2 is 0.814 bits per heavy atom. The van der Waals surface area contributed by atoms with E-state index in [1.807, 2.05) is 0 Å². The van der Waals surface area contributed by atoms with Gasteiger partial charge >= 0.3 is 0 Å². The van der Waals surface area contributed by atoms with Crippen LogP contribution in [0.3, 0.4) is 0 Å². The van der Waals surface area contributed by atoms with E-state index < -0.39 is 0 Å². The zero-order valence-electron chi connectivity index (χ0n) is 24.5. The van der Waals surface area contributed by atoms with Crippen LogP contribution in [-0.2, 0) is 0 Å². The van der Waals surface area contributed by atoms with Crippen molar-refractivity contribution in [1.29, 1.82) is 0 Å². The normalized spacial score (nSPS) is 11.7. The third-order valence-electron chi connectivity index (χ3n) is 9.03. The van der Waals surface area contributed by atoms with Gasteiger partial charge in [0.25, 0.3) is 0 Å². The molecule has 8 aromatic rings. The standard InChI is InChI=1S/C43H32/c1-28(2)34-12-5-6-13-35(34)30-19-22-31(23-20-30)42-38-15-7-9-17-40(38)43(41-18-10-8-16-39(41)42)33-25-26-37-32(27-33)24-21-29-11-3-4-14-36(29)37/h3-28H,1-2H3. The molecule has 8 rings (SSSR count). The molecular weight excluding hydrogens is 516 g/mol. The van der Waals surface area contributed by atoms with Crippen LogP contribution in [0.1, 0.15) is 25.3 Å². The molecule has 0 aliphatic rings. The van der Waals surface area contributed by atoms with E-state index in [0.29, 0.717) is 5.92 Å². The minimum absolute atomic E-state index is 0.477. The van der Waals surface area contributed by atoms with Gasteiger partial charge in [0.2, 0.25) is 0 Å². The molecule has 0 bridgehead atoms. The summed E-state index contributed by atoms with van der Waals surface area (Å²) < 4.78 is 0. The van der Waals surface area contributed by atoms with Crippen LogP contribution in [0.5, 0.6) is 0 Å². The first-order valence-corrected chi connectivity index (χ1v) is 15.2. The van der Waals surface area contributed by atoms with Gasteiger partial charge in [0.05, 0.1) is 0 Å². The lowest BCUT2D eigenvalue weighted by Crippen LogP contribution is -1.93. The molecule has 0 unspecified atom stereocenters. The van der Waals surface area contributed by atoms with E-state index in [2.05, 4.69) is 166 Å². The van der Waals surface area contributed by atoms with Gasteiger partial charge in [-0.25, -0.2) is 0 Å². The molecule has 0 saturated heterocycles. The molecule has 0 radical (unpaired) electrons. The lowest BCUT2D eigenvalue weighted by Gasteiger charge is -2.19. The first kappa shape index (κ1) is 25.5. The Balaban J connectivity index is 1.35. The van der Waals surface area contributed by atoms with Crippen molar-refractivity contribution in [2.75, 3.05) is 0 Å². The predicted octanol–water partition coefficient (Wildman–Crippen LogP) is 12.4. The van der Waals surface area contributed by atoms with E-state index in [1.165, 1.54) is 82.0 Å². The van der Waals surface area contributed by atoms with Crippen LogP contribution in [-0.4, -0.2) is 0 Å². The van der Waals surface area contributed by atoms with Crippen molar-refractivity contribution < 1.29 is 0 Å². The van der Waals surface area contributed by atoms with E-state index in [0.717, 1.165) is 0 Å². The second-order valence-corrected chi connectivity index (χ2v) is 11.9. The van der Waals surface area contributed by atoms with E-state index in [4.69, 9.17) is 0 Å². The van der Waals surface area contributed by atoms with Crippen molar-refractivity contribution in [3.05, 3.63) is 157 Å². The van der Waals surface area contributed by atoms with Gasteiger partial charge in [-0.15, -0.1) is 0 Å². The highest BCUT2D eigenvalue weighted by molar-refractivity contribution is 6.22. The van der Waals surface area contributed by atoms with Gasteiger partial charge in [0, 0.05) is 0 Å². The number of hydrogen-bond donors (Lipinski definition) is 0. The molecule has 204 valence electrons. The lowest BCUT2D eigenvalue weighted by molar-refractivity contribution is 0.869. The van der Waals surface area contributed by atoms with Crippen LogP contribution in [0.25, 0.3) is 76.5 Å². The van der Waals surface area contributed by atoms with Crippen molar-refractivity contribution in [3.63, 3.8) is 0 Å². The summed E-state index contributed by atoms with van der Waals surface area (Å²) in [5, 5.41) is 10.3. The summed E-state index contributed by atoms with van der Waals surface area (Å²) >= 11 is 0. The summed E-state index contributed by atoms with van der Waals surface area (Å²) in [6.45, 7) is 4.54. The first-order chi connectivity index (χ1) is 21.2. The number of rotatable bonds is 4. The summed E-state index contributed by atoms with van der Waals surface area (Å²) in [6.07, 6.45) is 0. The first-order valence-electron chi connectivity index (χ1n) is 15.2. The van der Waals surface area contributed by atoms with Crippen LogP contribution in [0.15, 0.2) is 152 Å². The van der Waals surface area contributed by atoms with Crippen LogP contribution >= 0.6 is 0 Å². The fourth-order valence-corrected chi connectivity index (χ4v) is 7.00. The van der Waals surface area contributed by atoms with Crippen molar-refractivity contribution in [2.24, 2.45) is 0 Å². The van der Waals surface area contributed by atoms with Crippen LogP contribution < -0.4 is 0 Å². The highest BCUT2D eigenvalue weighted by atomic mass is 14.2. The maximum Gasteiger partial charge on any atom is -0.00262 e. The summed E-state index contributed by atoms with van der Waals surface area (Å²) in [5.41, 5.74) is 9.06. The number of hydrogen-bond acceptors (Lipinski definition) is 0. The van der Waals surface area contributed by atoms with E-state index in [9.17, 15) is 0 Å². The molecule has 0 atom stereocenters. The topological polar surface area (TPSA) is 0 Å². The lowest BCUT2D eigenvalue weighted by atomic mass is 9.85. The second-order valence-electron chi connectivity index (χ2n) is 11.9. The Morgan fingerprint density at radius 3 is 1.47 bits per heavy atom. The van der Waals surface area contributed by atoms with Crippen LogP contribution in [0.4, 0.5) is 0 Å². The fourth-order valence-electron chi connectivity index (χ4n) is 7.00. The maximum atomic E-state index is 2.37. The average molecular weight is 549 g/mol. The monoisotopic (exact) mass is 548 g/mol. The van der Waals surface area contributed by atoms with Crippen molar-refractivity contribution in [3.8, 4) is 33.4 Å². The number of benzene rings is 8. The molecule has 0 heteroatoms. The largest absolute Gasteiger partial charge is 0.0619 e. The van der Waals surface area contributed by atoms with Crippen molar-refractivity contribution >= 4 is 43.1 Å². The Hall–Kier alpha value is -5.20. The van der Waals surface area contributed by atoms with Gasteiger partial charge < -0.3 is 0 Å². The van der Waals surface area contributed by atoms with Gasteiger partial charge in [0.1, 0.15) is 0 Å². The molecule has 0 saturated carbocycles. The van der Waals surface area contributed by atoms with Gasteiger partial charge in [-0.05, 0) is 94.0 Å². The van der Waals surface area contributed by atoms with E-state index in [-0.39, 0.29) is 0 Å². The molecule has 0 amide bonds. The smallest absolute Gasteiger partial charge is 0.00262 e. The van der Waals surface area contributed by atoms with Crippen molar-refractivity contribution in [2.45, 2.75) is 19.8 Å². The molecular formula is C43H32. The quantitative estimate of drug-likeness (QED) is 0.152. The molecule has 0 spiro atoms. The molecule has 0 heterocycles. The van der Waals surface area contributed by atoms with Gasteiger partial charge in [-0.2, -0.15) is 0 Å². The Morgan fingerprint density at radius 1 is 0.349 bits per heavy atom. The predicted molar refractivity (Wildman–Crippen MR) is 187 cm³/mol. The number of fused-ring (bicyclic) bond motifs is 5. The molecule has 0 N–H and O–H groups in total. The summed E-state index contributed by atoms with van der Waals surface area (Å²) in [7, 11) is 0. The molecule has 0 aromatic heterocycles. The molecule has 0 nitrogen and oxygen atoms in total. The van der Waals surface area contributed by atoms with Crippen LogP contribution in [0, 0.1) is 0 Å². The zero-order chi connectivity index (χ0) is 28.9. The van der Waals surface area contributed by atoms with E-state index in [1.54, 1.807) is 0 Å². The fraction of sp³-hybridized carbons (Fsp3) is 0.0698. The average Bonchev–Trinajstić information content (AvgIpc) is 3.07. The minimum Gasteiger partial charge on any atom is -0.0619 e. The molecule has 0 aliphatic heterocycles. The highest BCUT2D eigenvalue weighted by Gasteiger charge is 2.17. The molecule has 0 aliphatic carbocycles. The van der Waals surface area contributed by atoms with Crippen LogP contribution in [0.2, 0.25) is 0 Å². The molecule has 43 heavy (non-hydrogen) atoms. The Bertz CT molecular complexity index is 2240. The third-order valence-corrected chi connectivity index (χ3v) is 9.03. The van der Waals surface area contributed by atoms with Gasteiger partial charge in [0.15, 0.2) is 0 Å². The minimum atomic E-state index is 0.477. The molecule has 8 aromatic carbocycles. The summed E-state index contributed by atoms with van der Waals surface area (Å²) in [6, 6.07) is 56.0. The molecule has 0 fully saturated rings. The van der Waals surface area contributed by atoms with Gasteiger partial charge in [-0.1, -0.05) is 159 Å². The zero-order valence-corrected chi connectivity index (χ0v) is 24.5. The third kappa shape index (κ3) is 4.22. The Kier molecular flexibility index (Phi) is 6.09. The highest BCUT2D eigenvalue weighted by Crippen LogP contribution is 2.44. The SMILES string of the molecule is CC(C)c1ccccc1-c1ccc(-c2c3ccccc3c(-c3ccc4c(ccc5ccccc54)c3)c3ccccc23)cc1. The maximum absolute atomic E-state index is 2.37. The van der Waals surface area contributed by atoms with E-state index >= 15 is 0 Å². The summed E-state index contributed by atoms with van der Waals surface area (Å²) in [4.78, 5) is 0. The van der Waals surface area contributed by atoms with Crippen molar-refractivity contribution in [1.82, 2.24) is 0 Å². The Labute approximate surface area is 252 Å².